The van der Waals surface area contributed by atoms with E-state index in [0.717, 1.165) is 31.9 Å². The average Bonchev–Trinajstić information content (AvgIpc) is 3.95. The number of amides is 6. The van der Waals surface area contributed by atoms with Crippen LogP contribution in [0.4, 0.5) is 19.7 Å². The third-order valence-corrected chi connectivity index (χ3v) is 14.1. The molecule has 4 fully saturated rings. The fourth-order valence-corrected chi connectivity index (χ4v) is 9.80. The van der Waals surface area contributed by atoms with Gasteiger partial charge < -0.3 is 60.1 Å². The summed E-state index contributed by atoms with van der Waals surface area (Å²) in [6, 6.07) is 10.5. The van der Waals surface area contributed by atoms with Crippen molar-refractivity contribution in [2.24, 2.45) is 5.92 Å². The second-order valence-electron chi connectivity index (χ2n) is 16.6. The number of thioether (sulfide) groups is 2. The van der Waals surface area contributed by atoms with Gasteiger partial charge in [0.1, 0.15) is 34.7 Å². The van der Waals surface area contributed by atoms with Gasteiger partial charge in [0.15, 0.2) is 0 Å². The number of benzene rings is 2. The molecule has 0 spiro atoms. The quantitative estimate of drug-likeness (QED) is 0.0699. The van der Waals surface area contributed by atoms with Crippen molar-refractivity contribution in [3.05, 3.63) is 53.8 Å². The van der Waals surface area contributed by atoms with Gasteiger partial charge >= 0.3 is 12.1 Å². The first-order valence-corrected chi connectivity index (χ1v) is 24.4. The third-order valence-electron chi connectivity index (χ3n) is 11.3. The number of rotatable bonds is 24. The monoisotopic (exact) mass is 963 g/mol. The molecule has 66 heavy (non-hydrogen) atoms. The number of carbonyl (C=O) groups is 4. The van der Waals surface area contributed by atoms with Crippen LogP contribution in [0.25, 0.3) is 0 Å². The highest BCUT2D eigenvalue weighted by Gasteiger charge is 2.33. The molecule has 0 radical (unpaired) electrons. The Morgan fingerprint density at radius 2 is 1.71 bits per heavy atom. The molecule has 2 aromatic carbocycles. The van der Waals surface area contributed by atoms with E-state index in [2.05, 4.69) is 54.8 Å². The van der Waals surface area contributed by atoms with Gasteiger partial charge in [-0.1, -0.05) is 13.0 Å². The Bertz CT molecular complexity index is 1870. The number of piperazine rings is 1. The van der Waals surface area contributed by atoms with E-state index in [1.54, 1.807) is 43.0 Å². The van der Waals surface area contributed by atoms with Gasteiger partial charge in [0, 0.05) is 87.3 Å². The Morgan fingerprint density at radius 3 is 2.47 bits per heavy atom. The number of likely N-dealkylation sites (N-methyl/N-ethyl adjacent to an activating group) is 1. The van der Waals surface area contributed by atoms with Crippen LogP contribution in [0.1, 0.15) is 31.9 Å². The maximum atomic E-state index is 14.7. The summed E-state index contributed by atoms with van der Waals surface area (Å²) in [5.74, 6) is 1.21. The van der Waals surface area contributed by atoms with Crippen LogP contribution in [0, 0.1) is 11.7 Å². The summed E-state index contributed by atoms with van der Waals surface area (Å²) in [7, 11) is 3.52. The molecular formula is C43H66FN11O9S2. The summed E-state index contributed by atoms with van der Waals surface area (Å²) in [6.07, 6.45) is 0.422. The molecule has 0 bridgehead atoms. The van der Waals surface area contributed by atoms with Crippen molar-refractivity contribution in [3.8, 4) is 11.5 Å². The summed E-state index contributed by atoms with van der Waals surface area (Å²) in [5, 5.41) is 18.7. The van der Waals surface area contributed by atoms with E-state index in [4.69, 9.17) is 23.7 Å². The molecule has 4 aliphatic rings. The van der Waals surface area contributed by atoms with E-state index in [1.807, 2.05) is 29.0 Å². The summed E-state index contributed by atoms with van der Waals surface area (Å²) in [6.45, 7) is 11.1. The van der Waals surface area contributed by atoms with Gasteiger partial charge in [-0.25, -0.2) is 24.4 Å². The lowest BCUT2D eigenvalue weighted by molar-refractivity contribution is -0.133. The molecule has 5 unspecified atom stereocenters. The molecule has 4 heterocycles. The number of nitrogens with one attached hydrogen (secondary N) is 8. The number of hydrogen-bond acceptors (Lipinski definition) is 16. The molecule has 0 aliphatic carbocycles. The molecular weight excluding hydrogens is 898 g/mol. The number of nitrogens with zero attached hydrogens (tertiary/aromatic N) is 3. The number of hydrazine groups is 2. The zero-order valence-electron chi connectivity index (χ0n) is 38.1. The van der Waals surface area contributed by atoms with E-state index < -0.39 is 17.1 Å². The molecule has 6 rings (SSSR count). The van der Waals surface area contributed by atoms with Crippen LogP contribution in [-0.4, -0.2) is 179 Å². The zero-order valence-corrected chi connectivity index (χ0v) is 39.7. The highest BCUT2D eigenvalue weighted by atomic mass is 32.2. The largest absolute Gasteiger partial charge is 0.497 e. The van der Waals surface area contributed by atoms with Crippen LogP contribution in [0.2, 0.25) is 0 Å². The second kappa shape index (κ2) is 26.4. The highest BCUT2D eigenvalue weighted by Crippen LogP contribution is 2.27. The lowest BCUT2D eigenvalue weighted by Gasteiger charge is -2.33. The van der Waals surface area contributed by atoms with Crippen molar-refractivity contribution < 1.29 is 47.3 Å². The number of methoxy groups -OCH3 is 1. The number of ether oxygens (including phenoxy) is 5. The summed E-state index contributed by atoms with van der Waals surface area (Å²) in [5.41, 5.74) is 7.05. The predicted molar refractivity (Wildman–Crippen MR) is 250 cm³/mol. The molecule has 20 nitrogen and oxygen atoms in total. The standard InChI is InChI=1S/C43H66FN11O9S2/c1-28-23-45-41(58)49-40(28)66-37(39(57)46-29(2)35-10-9-34(60-4)22-36(35)44)26-63-20-18-61-17-19-62-25-32-24-55(52-51-32)15-16-64-33-7-5-30(6-8-33)47-42(59)50-43-48-31(27-65-43)21-38(56)54-13-11-53(3)12-14-54/h5-10,22,28-29,31-32,37,40,43,48,51-52H,11-21,23-27H2,1-4H3,(H,46,57)(H2,45,49,58)(H2,47,50,59)/t28?,29-,31?,32?,37-,40?,43?/m1/s1. The van der Waals surface area contributed by atoms with E-state index >= 15 is 0 Å². The Kier molecular flexibility index (Phi) is 20.5. The molecule has 0 saturated carbocycles. The summed E-state index contributed by atoms with van der Waals surface area (Å²) < 4.78 is 43.1. The SMILES string of the molecule is COc1ccc([C@@H](C)NC(=O)[C@@H](COCCOCCOCC2CN(CCOc3ccc(NC(=O)NC4NC(CC(=O)N5CCN(C)CC5)CS4)cc3)NN2)SC2NC(=O)NCC2C)c(F)c1. The van der Waals surface area contributed by atoms with Crippen LogP contribution >= 0.6 is 23.5 Å². The van der Waals surface area contributed by atoms with E-state index in [-0.39, 0.29) is 66.0 Å². The van der Waals surface area contributed by atoms with Gasteiger partial charge in [0.2, 0.25) is 11.8 Å². The minimum Gasteiger partial charge on any atom is -0.497 e. The van der Waals surface area contributed by atoms with Crippen molar-refractivity contribution in [1.82, 2.24) is 52.4 Å². The van der Waals surface area contributed by atoms with E-state index in [9.17, 15) is 23.6 Å². The molecule has 7 atom stereocenters. The minimum absolute atomic E-state index is 0.0158. The molecule has 2 aromatic rings. The smallest absolute Gasteiger partial charge is 0.321 e. The van der Waals surface area contributed by atoms with Gasteiger partial charge in [-0.05, 0) is 44.3 Å². The van der Waals surface area contributed by atoms with E-state index in [1.165, 1.54) is 24.9 Å². The van der Waals surface area contributed by atoms with Crippen molar-refractivity contribution in [1.29, 1.82) is 0 Å². The van der Waals surface area contributed by atoms with Crippen LogP contribution < -0.4 is 52.3 Å². The van der Waals surface area contributed by atoms with Gasteiger partial charge in [0.05, 0.1) is 64.2 Å². The van der Waals surface area contributed by atoms with Crippen molar-refractivity contribution >= 4 is 53.1 Å². The maximum Gasteiger partial charge on any atom is 0.321 e. The first-order valence-electron chi connectivity index (χ1n) is 22.4. The molecule has 4 aliphatic heterocycles. The number of anilines is 1. The lowest BCUT2D eigenvalue weighted by Crippen LogP contribution is -2.54. The lowest BCUT2D eigenvalue weighted by atomic mass is 10.1. The Hall–Kier alpha value is -4.17. The first-order chi connectivity index (χ1) is 31.9. The summed E-state index contributed by atoms with van der Waals surface area (Å²) in [4.78, 5) is 55.0. The van der Waals surface area contributed by atoms with Crippen molar-refractivity contribution in [3.63, 3.8) is 0 Å². The molecule has 4 saturated heterocycles. The average molecular weight is 964 g/mol. The van der Waals surface area contributed by atoms with Gasteiger partial charge in [-0.15, -0.1) is 23.5 Å². The van der Waals surface area contributed by atoms with Crippen LogP contribution in [0.3, 0.4) is 0 Å². The third kappa shape index (κ3) is 16.6. The predicted octanol–water partition coefficient (Wildman–Crippen LogP) is 1.48. The van der Waals surface area contributed by atoms with Crippen molar-refractivity contribution in [2.45, 2.75) is 54.5 Å². The van der Waals surface area contributed by atoms with Crippen LogP contribution in [0.15, 0.2) is 42.5 Å². The molecule has 366 valence electrons. The Morgan fingerprint density at radius 1 is 0.970 bits per heavy atom. The fourth-order valence-electron chi connectivity index (χ4n) is 7.42. The second-order valence-corrected chi connectivity index (χ2v) is 19.1. The van der Waals surface area contributed by atoms with Crippen LogP contribution in [-0.2, 0) is 23.8 Å². The fraction of sp³-hybridized carbons (Fsp3) is 0.628. The zero-order chi connectivity index (χ0) is 46.8. The van der Waals surface area contributed by atoms with Crippen molar-refractivity contribution in [2.75, 3.05) is 117 Å². The maximum absolute atomic E-state index is 14.7. The van der Waals surface area contributed by atoms with Gasteiger partial charge in [0.25, 0.3) is 0 Å². The number of carbonyl (C=O) groups excluding carboxylic acids is 4. The molecule has 0 aromatic heterocycles. The normalized spacial score (nSPS) is 23.4. The molecule has 6 amide bonds. The minimum atomic E-state index is -0.677. The van der Waals surface area contributed by atoms with Crippen LogP contribution in [0.5, 0.6) is 11.5 Å². The number of halogens is 1. The number of hydrogen-bond donors (Lipinski definition) is 8. The van der Waals surface area contributed by atoms with E-state index in [0.29, 0.717) is 81.8 Å². The number of urea groups is 2. The summed E-state index contributed by atoms with van der Waals surface area (Å²) >= 11 is 2.88. The Balaban J connectivity index is 0.789. The molecule has 8 N–H and O–H groups in total. The van der Waals surface area contributed by atoms with Gasteiger partial charge in [-0.2, -0.15) is 5.53 Å². The molecule has 23 heteroatoms. The topological polar surface area (TPSA) is 220 Å². The first kappa shape index (κ1) is 51.2. The van der Waals surface area contributed by atoms with Gasteiger partial charge in [-0.3, -0.25) is 14.9 Å². The highest BCUT2D eigenvalue weighted by molar-refractivity contribution is 8.01. The Labute approximate surface area is 394 Å².